The fraction of sp³-hybridized carbons (Fsp3) is 1.00. The molecule has 19 heavy (non-hydrogen) atoms. The van der Waals surface area contributed by atoms with Crippen LogP contribution < -0.4 is 0 Å². The Morgan fingerprint density at radius 3 is 1.16 bits per heavy atom. The van der Waals surface area contributed by atoms with Gasteiger partial charge < -0.3 is 4.48 Å². The zero-order chi connectivity index (χ0) is 15.4. The molecule has 0 rings (SSSR count). The number of nitrogens with zero attached hydrogens (tertiary/aromatic N) is 1. The van der Waals surface area contributed by atoms with Crippen LogP contribution in [-0.4, -0.2) is 48.7 Å². The molecular weight excluding hydrogens is 266 g/mol. The molecule has 2 N–H and O–H groups in total. The Bertz CT molecular complexity index is 261. The second-order valence-electron chi connectivity index (χ2n) is 5.30. The number of quaternary nitrogens is 1. The topological polar surface area (TPSA) is 74.6 Å². The van der Waals surface area contributed by atoms with E-state index in [2.05, 4.69) is 27.8 Å². The highest BCUT2D eigenvalue weighted by molar-refractivity contribution is 7.79. The van der Waals surface area contributed by atoms with Gasteiger partial charge in [0, 0.05) is 0 Å². The summed E-state index contributed by atoms with van der Waals surface area (Å²) in [6, 6.07) is 0. The van der Waals surface area contributed by atoms with Gasteiger partial charge >= 0.3 is 10.4 Å². The molecule has 0 heterocycles. The second-order valence-corrected chi connectivity index (χ2v) is 6.19. The molecule has 0 aliphatic carbocycles. The fourth-order valence-electron chi connectivity index (χ4n) is 1.95. The molecule has 0 atom stereocenters. The molecule has 0 unspecified atom stereocenters. The summed E-state index contributed by atoms with van der Waals surface area (Å²) in [4.78, 5) is 0. The van der Waals surface area contributed by atoms with Gasteiger partial charge in [-0.15, -0.1) is 0 Å². The summed E-state index contributed by atoms with van der Waals surface area (Å²) in [5.74, 6) is 0. The van der Waals surface area contributed by atoms with Crippen molar-refractivity contribution in [1.29, 1.82) is 0 Å². The average molecular weight is 298 g/mol. The maximum absolute atomic E-state index is 8.74. The molecule has 0 aromatic rings. The highest BCUT2D eigenvalue weighted by Gasteiger charge is 2.18. The van der Waals surface area contributed by atoms with Gasteiger partial charge in [-0.2, -0.15) is 8.42 Å². The van der Waals surface area contributed by atoms with Crippen molar-refractivity contribution < 1.29 is 22.0 Å². The summed E-state index contributed by atoms with van der Waals surface area (Å²) in [5, 5.41) is 0. The van der Waals surface area contributed by atoms with E-state index >= 15 is 0 Å². The molecule has 0 aromatic heterocycles. The van der Waals surface area contributed by atoms with Crippen LogP contribution in [0.15, 0.2) is 0 Å². The summed E-state index contributed by atoms with van der Waals surface area (Å²) in [5.41, 5.74) is 0. The standard InChI is InChI=1S/C13H30N.H2O4S/c1-5-8-11-14(4,12-9-6-2)13-10-7-3;1-5(2,3)4/h5-13H2,1-4H3;(H2,1,2,3,4)/q+1;. The third kappa shape index (κ3) is 20.3. The van der Waals surface area contributed by atoms with Crippen LogP contribution in [0.5, 0.6) is 0 Å². The van der Waals surface area contributed by atoms with E-state index in [1.165, 1.54) is 62.6 Å². The predicted octanol–water partition coefficient (Wildman–Crippen LogP) is 3.18. The first-order valence-corrected chi connectivity index (χ1v) is 8.61. The van der Waals surface area contributed by atoms with Gasteiger partial charge in [-0.3, -0.25) is 9.11 Å². The molecule has 118 valence electrons. The number of hydrogen-bond acceptors (Lipinski definition) is 2. The van der Waals surface area contributed by atoms with Crippen LogP contribution in [0, 0.1) is 0 Å². The molecule has 5 nitrogen and oxygen atoms in total. The highest BCUT2D eigenvalue weighted by atomic mass is 32.3. The van der Waals surface area contributed by atoms with Gasteiger partial charge in [0.05, 0.1) is 26.7 Å². The molecule has 0 aromatic carbocycles. The molecule has 6 heteroatoms. The maximum atomic E-state index is 8.74. The number of hydrogen-bond donors (Lipinski definition) is 2. The average Bonchev–Trinajstić information content (AvgIpc) is 2.30. The lowest BCUT2D eigenvalue weighted by Crippen LogP contribution is -2.46. The minimum atomic E-state index is -4.67. The summed E-state index contributed by atoms with van der Waals surface area (Å²) in [7, 11) is -2.22. The van der Waals surface area contributed by atoms with Gasteiger partial charge in [0.2, 0.25) is 0 Å². The van der Waals surface area contributed by atoms with E-state index in [9.17, 15) is 0 Å². The zero-order valence-electron chi connectivity index (χ0n) is 12.9. The van der Waals surface area contributed by atoms with Crippen molar-refractivity contribution in [2.45, 2.75) is 59.3 Å². The Morgan fingerprint density at radius 1 is 0.789 bits per heavy atom. The van der Waals surface area contributed by atoms with Crippen LogP contribution >= 0.6 is 0 Å². The monoisotopic (exact) mass is 298 g/mol. The van der Waals surface area contributed by atoms with Gasteiger partial charge in [-0.05, 0) is 19.3 Å². The smallest absolute Gasteiger partial charge is 0.326 e. The molecule has 0 saturated heterocycles. The van der Waals surface area contributed by atoms with Crippen LogP contribution in [0.25, 0.3) is 0 Å². The zero-order valence-corrected chi connectivity index (χ0v) is 13.7. The van der Waals surface area contributed by atoms with Gasteiger partial charge in [0.1, 0.15) is 0 Å². The van der Waals surface area contributed by atoms with Crippen LogP contribution in [0.4, 0.5) is 0 Å². The van der Waals surface area contributed by atoms with Crippen molar-refractivity contribution in [3.8, 4) is 0 Å². The second kappa shape index (κ2) is 11.6. The lowest BCUT2D eigenvalue weighted by atomic mass is 10.2. The summed E-state index contributed by atoms with van der Waals surface area (Å²) < 4.78 is 32.9. The van der Waals surface area contributed by atoms with E-state index < -0.39 is 10.4 Å². The normalized spacial score (nSPS) is 11.9. The van der Waals surface area contributed by atoms with Crippen LogP contribution in [0.1, 0.15) is 59.3 Å². The fourth-order valence-corrected chi connectivity index (χ4v) is 1.95. The molecule has 0 amide bonds. The van der Waals surface area contributed by atoms with Crippen molar-refractivity contribution >= 4 is 10.4 Å². The van der Waals surface area contributed by atoms with Crippen molar-refractivity contribution in [2.75, 3.05) is 26.7 Å². The van der Waals surface area contributed by atoms with E-state index in [4.69, 9.17) is 17.5 Å². The van der Waals surface area contributed by atoms with Gasteiger partial charge in [0.25, 0.3) is 0 Å². The predicted molar refractivity (Wildman–Crippen MR) is 79.7 cm³/mol. The summed E-state index contributed by atoms with van der Waals surface area (Å²) >= 11 is 0. The molecule has 0 aliphatic heterocycles. The Hall–Kier alpha value is -0.170. The van der Waals surface area contributed by atoms with Crippen LogP contribution in [-0.2, 0) is 10.4 Å². The van der Waals surface area contributed by atoms with Gasteiger partial charge in [-0.25, -0.2) is 0 Å². The molecule has 0 aliphatic rings. The van der Waals surface area contributed by atoms with Gasteiger partial charge in [0.15, 0.2) is 0 Å². The van der Waals surface area contributed by atoms with Crippen LogP contribution in [0.2, 0.25) is 0 Å². The van der Waals surface area contributed by atoms with Crippen molar-refractivity contribution in [1.82, 2.24) is 0 Å². The van der Waals surface area contributed by atoms with E-state index in [1.807, 2.05) is 0 Å². The van der Waals surface area contributed by atoms with Gasteiger partial charge in [-0.1, -0.05) is 40.0 Å². The number of unbranched alkanes of at least 4 members (excludes halogenated alkanes) is 3. The summed E-state index contributed by atoms with van der Waals surface area (Å²) in [6.07, 6.45) is 8.20. The van der Waals surface area contributed by atoms with Crippen molar-refractivity contribution in [2.24, 2.45) is 0 Å². The Labute approximate surface area is 119 Å². The maximum Gasteiger partial charge on any atom is 0.394 e. The van der Waals surface area contributed by atoms with E-state index in [1.54, 1.807) is 0 Å². The first kappa shape index (κ1) is 21.1. The molecule has 0 spiro atoms. The third-order valence-corrected chi connectivity index (χ3v) is 3.15. The minimum Gasteiger partial charge on any atom is -0.326 e. The van der Waals surface area contributed by atoms with E-state index in [0.717, 1.165) is 0 Å². The Morgan fingerprint density at radius 2 is 1.00 bits per heavy atom. The Kier molecular flexibility index (Phi) is 12.9. The molecule has 0 saturated carbocycles. The quantitative estimate of drug-likeness (QED) is 0.506. The largest absolute Gasteiger partial charge is 0.394 e. The highest BCUT2D eigenvalue weighted by Crippen LogP contribution is 2.10. The summed E-state index contributed by atoms with van der Waals surface area (Å²) in [6.45, 7) is 11.0. The van der Waals surface area contributed by atoms with E-state index in [0.29, 0.717) is 0 Å². The van der Waals surface area contributed by atoms with Crippen molar-refractivity contribution in [3.63, 3.8) is 0 Å². The first-order chi connectivity index (χ1) is 8.68. The molecule has 0 fully saturated rings. The Balaban J connectivity index is 0. The molecule has 0 bridgehead atoms. The lowest BCUT2D eigenvalue weighted by molar-refractivity contribution is -0.910. The lowest BCUT2D eigenvalue weighted by Gasteiger charge is -2.34. The first-order valence-electron chi connectivity index (χ1n) is 7.22. The van der Waals surface area contributed by atoms with E-state index in [-0.39, 0.29) is 0 Å². The third-order valence-electron chi connectivity index (χ3n) is 3.15. The molecular formula is C13H32NO4S+. The van der Waals surface area contributed by atoms with Crippen LogP contribution in [0.3, 0.4) is 0 Å². The molecule has 0 radical (unpaired) electrons. The SMILES string of the molecule is CCCC[N+](C)(CCCC)CCCC.O=S(=O)(O)O. The van der Waals surface area contributed by atoms with Crippen molar-refractivity contribution in [3.05, 3.63) is 0 Å². The number of rotatable bonds is 9. The minimum absolute atomic E-state index is 1.32.